The molecule has 0 aliphatic heterocycles. The van der Waals surface area contributed by atoms with Crippen LogP contribution in [0.2, 0.25) is 0 Å². The van der Waals surface area contributed by atoms with Crippen LogP contribution in [0.3, 0.4) is 0 Å². The average molecular weight is 263 g/mol. The Morgan fingerprint density at radius 3 is 2.84 bits per heavy atom. The molecule has 0 fully saturated rings. The number of hydrogen-bond acceptors (Lipinski definition) is 5. The molecule has 0 saturated heterocycles. The molecule has 2 aromatic rings. The highest BCUT2D eigenvalue weighted by molar-refractivity contribution is 5.68. The van der Waals surface area contributed by atoms with E-state index in [4.69, 9.17) is 14.6 Å². The predicted octanol–water partition coefficient (Wildman–Crippen LogP) is 0.954. The van der Waals surface area contributed by atoms with Crippen molar-refractivity contribution >= 4 is 5.97 Å². The van der Waals surface area contributed by atoms with Gasteiger partial charge in [0.05, 0.1) is 12.7 Å². The van der Waals surface area contributed by atoms with Gasteiger partial charge >= 0.3 is 12.0 Å². The van der Waals surface area contributed by atoms with Crippen molar-refractivity contribution in [2.24, 2.45) is 7.05 Å². The maximum atomic E-state index is 10.4. The third kappa shape index (κ3) is 2.82. The van der Waals surface area contributed by atoms with Crippen molar-refractivity contribution in [2.75, 3.05) is 13.7 Å². The zero-order valence-electron chi connectivity index (χ0n) is 10.5. The molecule has 0 aliphatic rings. The van der Waals surface area contributed by atoms with E-state index in [2.05, 4.69) is 10.1 Å². The quantitative estimate of drug-likeness (QED) is 0.864. The number of carbonyl (C=O) groups is 1. The van der Waals surface area contributed by atoms with Crippen LogP contribution in [0.4, 0.5) is 0 Å². The number of benzene rings is 1. The summed E-state index contributed by atoms with van der Waals surface area (Å²) in [7, 11) is 3.26. The largest absolute Gasteiger partial charge is 0.496 e. The Bertz CT molecular complexity index is 594. The Hall–Kier alpha value is -2.57. The fourth-order valence-corrected chi connectivity index (χ4v) is 1.61. The molecule has 0 saturated carbocycles. The first kappa shape index (κ1) is 12.9. The van der Waals surface area contributed by atoms with E-state index in [1.807, 2.05) is 24.3 Å². The standard InChI is InChI=1S/C12H13N3O4/c1-15-11(8-5-3-4-6-9(8)18-2)13-12(14-15)19-7-10(16)17/h3-6H,7H2,1-2H3,(H,16,17). The number of rotatable bonds is 5. The summed E-state index contributed by atoms with van der Waals surface area (Å²) in [5.41, 5.74) is 0.755. The summed E-state index contributed by atoms with van der Waals surface area (Å²) in [6.45, 7) is -0.477. The molecule has 1 aromatic heterocycles. The Balaban J connectivity index is 2.32. The second-order valence-corrected chi connectivity index (χ2v) is 3.72. The Morgan fingerprint density at radius 2 is 2.16 bits per heavy atom. The lowest BCUT2D eigenvalue weighted by molar-refractivity contribution is -0.139. The highest BCUT2D eigenvalue weighted by Gasteiger charge is 2.14. The third-order valence-electron chi connectivity index (χ3n) is 2.42. The van der Waals surface area contributed by atoms with Crippen LogP contribution in [0, 0.1) is 0 Å². The number of methoxy groups -OCH3 is 1. The highest BCUT2D eigenvalue weighted by atomic mass is 16.5. The molecule has 0 aliphatic carbocycles. The smallest absolute Gasteiger partial charge is 0.341 e. The molecule has 1 aromatic carbocycles. The van der Waals surface area contributed by atoms with E-state index in [0.717, 1.165) is 5.56 Å². The van der Waals surface area contributed by atoms with Gasteiger partial charge in [-0.05, 0) is 12.1 Å². The summed E-state index contributed by atoms with van der Waals surface area (Å²) >= 11 is 0. The first-order valence-electron chi connectivity index (χ1n) is 5.51. The van der Waals surface area contributed by atoms with Gasteiger partial charge in [-0.2, -0.15) is 4.98 Å². The van der Waals surface area contributed by atoms with Gasteiger partial charge in [-0.1, -0.05) is 12.1 Å². The van der Waals surface area contributed by atoms with Crippen molar-refractivity contribution in [3.63, 3.8) is 0 Å². The fraction of sp³-hybridized carbons (Fsp3) is 0.250. The molecular formula is C12H13N3O4. The van der Waals surface area contributed by atoms with Crippen LogP contribution in [0.1, 0.15) is 0 Å². The number of carboxylic acid groups (broad SMARTS) is 1. The van der Waals surface area contributed by atoms with Crippen molar-refractivity contribution in [1.29, 1.82) is 0 Å². The first-order valence-corrected chi connectivity index (χ1v) is 5.51. The number of nitrogens with zero attached hydrogens (tertiary/aromatic N) is 3. The molecule has 0 bridgehead atoms. The lowest BCUT2D eigenvalue weighted by atomic mass is 10.2. The number of aromatic nitrogens is 3. The Kier molecular flexibility index (Phi) is 3.65. The highest BCUT2D eigenvalue weighted by Crippen LogP contribution is 2.28. The van der Waals surface area contributed by atoms with Gasteiger partial charge in [-0.25, -0.2) is 9.48 Å². The van der Waals surface area contributed by atoms with Gasteiger partial charge in [0, 0.05) is 7.05 Å². The summed E-state index contributed by atoms with van der Waals surface area (Å²) in [5.74, 6) is 0.118. The van der Waals surface area contributed by atoms with E-state index < -0.39 is 12.6 Å². The third-order valence-corrected chi connectivity index (χ3v) is 2.42. The zero-order chi connectivity index (χ0) is 13.8. The van der Waals surface area contributed by atoms with Crippen LogP contribution in [-0.2, 0) is 11.8 Å². The topological polar surface area (TPSA) is 86.5 Å². The second-order valence-electron chi connectivity index (χ2n) is 3.72. The van der Waals surface area contributed by atoms with Crippen LogP contribution < -0.4 is 9.47 Å². The molecule has 0 unspecified atom stereocenters. The van der Waals surface area contributed by atoms with Gasteiger partial charge in [-0.3, -0.25) is 0 Å². The van der Waals surface area contributed by atoms with Crippen LogP contribution in [0.15, 0.2) is 24.3 Å². The van der Waals surface area contributed by atoms with Gasteiger partial charge in [-0.15, -0.1) is 5.10 Å². The minimum atomic E-state index is -1.08. The number of para-hydroxylation sites is 1. The summed E-state index contributed by atoms with van der Waals surface area (Å²) in [4.78, 5) is 14.6. The molecule has 2 rings (SSSR count). The number of ether oxygens (including phenoxy) is 2. The fourth-order valence-electron chi connectivity index (χ4n) is 1.61. The molecule has 0 atom stereocenters. The molecule has 19 heavy (non-hydrogen) atoms. The summed E-state index contributed by atoms with van der Waals surface area (Å²) in [6.07, 6.45) is 0. The lowest BCUT2D eigenvalue weighted by Crippen LogP contribution is -2.10. The number of aryl methyl sites for hydroxylation is 1. The van der Waals surface area contributed by atoms with Gasteiger partial charge < -0.3 is 14.6 Å². The van der Waals surface area contributed by atoms with E-state index in [0.29, 0.717) is 11.6 Å². The maximum Gasteiger partial charge on any atom is 0.341 e. The Labute approximate surface area is 109 Å². The van der Waals surface area contributed by atoms with Crippen molar-refractivity contribution in [3.05, 3.63) is 24.3 Å². The second kappa shape index (κ2) is 5.38. The Morgan fingerprint density at radius 1 is 1.42 bits per heavy atom. The monoisotopic (exact) mass is 263 g/mol. The predicted molar refractivity (Wildman–Crippen MR) is 66.1 cm³/mol. The van der Waals surface area contributed by atoms with Crippen LogP contribution in [-0.4, -0.2) is 39.6 Å². The maximum absolute atomic E-state index is 10.4. The van der Waals surface area contributed by atoms with Crippen LogP contribution in [0.25, 0.3) is 11.4 Å². The van der Waals surface area contributed by atoms with E-state index >= 15 is 0 Å². The van der Waals surface area contributed by atoms with Crippen molar-refractivity contribution in [2.45, 2.75) is 0 Å². The average Bonchev–Trinajstić information content (AvgIpc) is 2.77. The molecule has 0 spiro atoms. The lowest BCUT2D eigenvalue weighted by Gasteiger charge is -2.06. The number of aliphatic carboxylic acids is 1. The van der Waals surface area contributed by atoms with Gasteiger partial charge in [0.15, 0.2) is 12.4 Å². The first-order chi connectivity index (χ1) is 9.11. The molecule has 1 heterocycles. The minimum absolute atomic E-state index is 0.0193. The van der Waals surface area contributed by atoms with Crippen LogP contribution >= 0.6 is 0 Å². The molecular weight excluding hydrogens is 250 g/mol. The molecule has 1 N–H and O–H groups in total. The van der Waals surface area contributed by atoms with Gasteiger partial charge in [0.25, 0.3) is 0 Å². The number of carboxylic acids is 1. The molecule has 100 valence electrons. The molecule has 0 amide bonds. The van der Waals surface area contributed by atoms with Crippen molar-refractivity contribution in [3.8, 4) is 23.1 Å². The van der Waals surface area contributed by atoms with E-state index in [9.17, 15) is 4.79 Å². The van der Waals surface area contributed by atoms with E-state index in [1.54, 1.807) is 14.2 Å². The van der Waals surface area contributed by atoms with E-state index in [1.165, 1.54) is 4.68 Å². The molecule has 7 nitrogen and oxygen atoms in total. The number of hydrogen-bond donors (Lipinski definition) is 1. The normalized spacial score (nSPS) is 10.2. The van der Waals surface area contributed by atoms with Gasteiger partial charge in [0.2, 0.25) is 0 Å². The van der Waals surface area contributed by atoms with Crippen molar-refractivity contribution in [1.82, 2.24) is 14.8 Å². The SMILES string of the molecule is COc1ccccc1-c1nc(OCC(=O)O)nn1C. The van der Waals surface area contributed by atoms with E-state index in [-0.39, 0.29) is 6.01 Å². The zero-order valence-corrected chi connectivity index (χ0v) is 10.5. The minimum Gasteiger partial charge on any atom is -0.496 e. The summed E-state index contributed by atoms with van der Waals surface area (Å²) in [5, 5.41) is 12.5. The molecule has 0 radical (unpaired) electrons. The summed E-state index contributed by atoms with van der Waals surface area (Å²) in [6, 6.07) is 7.36. The van der Waals surface area contributed by atoms with Crippen LogP contribution in [0.5, 0.6) is 11.8 Å². The van der Waals surface area contributed by atoms with Crippen molar-refractivity contribution < 1.29 is 19.4 Å². The van der Waals surface area contributed by atoms with Gasteiger partial charge in [0.1, 0.15) is 5.75 Å². The molecule has 7 heteroatoms. The summed E-state index contributed by atoms with van der Waals surface area (Å²) < 4.78 is 11.7.